The standard InChI is InChI=1S/C15H10ClIN2O/c1-9-18-13-7-6-10(17)8-11(13)15(20)19(9)14-5-3-2-4-12(14)16/h2-8H,1H3. The van der Waals surface area contributed by atoms with Crippen molar-refractivity contribution in [3.63, 3.8) is 0 Å². The Morgan fingerprint density at radius 3 is 2.70 bits per heavy atom. The molecule has 0 N–H and O–H groups in total. The number of rotatable bonds is 1. The molecule has 0 radical (unpaired) electrons. The number of benzene rings is 2. The van der Waals surface area contributed by atoms with Gasteiger partial charge in [0.2, 0.25) is 0 Å². The van der Waals surface area contributed by atoms with Crippen LogP contribution < -0.4 is 5.56 Å². The molecule has 3 nitrogen and oxygen atoms in total. The maximum absolute atomic E-state index is 12.7. The van der Waals surface area contributed by atoms with Crippen LogP contribution in [0.3, 0.4) is 0 Å². The van der Waals surface area contributed by atoms with E-state index in [0.717, 1.165) is 3.57 Å². The van der Waals surface area contributed by atoms with E-state index in [1.54, 1.807) is 10.6 Å². The minimum atomic E-state index is -0.0980. The van der Waals surface area contributed by atoms with Gasteiger partial charge in [0.25, 0.3) is 5.56 Å². The molecule has 2 aromatic carbocycles. The summed E-state index contributed by atoms with van der Waals surface area (Å²) in [4.78, 5) is 17.2. The molecule has 0 spiro atoms. The van der Waals surface area contributed by atoms with E-state index in [1.165, 1.54) is 0 Å². The van der Waals surface area contributed by atoms with Crippen molar-refractivity contribution in [2.45, 2.75) is 6.92 Å². The molecule has 20 heavy (non-hydrogen) atoms. The summed E-state index contributed by atoms with van der Waals surface area (Å²) >= 11 is 8.38. The maximum Gasteiger partial charge on any atom is 0.266 e. The zero-order valence-corrected chi connectivity index (χ0v) is 13.5. The van der Waals surface area contributed by atoms with Gasteiger partial charge in [-0.2, -0.15) is 0 Å². The summed E-state index contributed by atoms with van der Waals surface area (Å²) < 4.78 is 2.56. The van der Waals surface area contributed by atoms with Crippen LogP contribution in [0, 0.1) is 10.5 Å². The monoisotopic (exact) mass is 396 g/mol. The van der Waals surface area contributed by atoms with Gasteiger partial charge in [0.05, 0.1) is 21.6 Å². The lowest BCUT2D eigenvalue weighted by Crippen LogP contribution is -2.22. The van der Waals surface area contributed by atoms with Crippen LogP contribution in [0.4, 0.5) is 0 Å². The van der Waals surface area contributed by atoms with Gasteiger partial charge >= 0.3 is 0 Å². The Hall–Kier alpha value is -1.40. The fourth-order valence-corrected chi connectivity index (χ4v) is 2.90. The zero-order valence-electron chi connectivity index (χ0n) is 10.6. The fourth-order valence-electron chi connectivity index (χ4n) is 2.19. The molecule has 0 aliphatic rings. The van der Waals surface area contributed by atoms with Crippen LogP contribution in [0.15, 0.2) is 47.3 Å². The SMILES string of the molecule is Cc1nc2ccc(I)cc2c(=O)n1-c1ccccc1Cl. The number of para-hydroxylation sites is 1. The number of hydrogen-bond acceptors (Lipinski definition) is 2. The molecule has 1 heterocycles. The number of aryl methyl sites for hydroxylation is 1. The van der Waals surface area contributed by atoms with Crippen LogP contribution in [-0.4, -0.2) is 9.55 Å². The van der Waals surface area contributed by atoms with Gasteiger partial charge in [-0.3, -0.25) is 9.36 Å². The van der Waals surface area contributed by atoms with Crippen LogP contribution >= 0.6 is 34.2 Å². The lowest BCUT2D eigenvalue weighted by atomic mass is 10.2. The van der Waals surface area contributed by atoms with Gasteiger partial charge in [0.1, 0.15) is 5.82 Å². The molecule has 0 amide bonds. The molecule has 0 saturated heterocycles. The van der Waals surface area contributed by atoms with Crippen molar-refractivity contribution in [3.8, 4) is 5.69 Å². The number of fused-ring (bicyclic) bond motifs is 1. The average molecular weight is 397 g/mol. The minimum absolute atomic E-state index is 0.0980. The topological polar surface area (TPSA) is 34.9 Å². The number of halogens is 2. The first kappa shape index (κ1) is 13.6. The molecule has 0 bridgehead atoms. The third-order valence-corrected chi connectivity index (χ3v) is 4.08. The first-order valence-electron chi connectivity index (χ1n) is 6.02. The van der Waals surface area contributed by atoms with E-state index in [-0.39, 0.29) is 5.56 Å². The molecule has 0 atom stereocenters. The van der Waals surface area contributed by atoms with Crippen molar-refractivity contribution in [2.75, 3.05) is 0 Å². The molecule has 0 fully saturated rings. The van der Waals surface area contributed by atoms with Crippen molar-refractivity contribution in [3.05, 3.63) is 67.2 Å². The summed E-state index contributed by atoms with van der Waals surface area (Å²) in [5.74, 6) is 0.622. The second-order valence-corrected chi connectivity index (χ2v) is 6.07. The van der Waals surface area contributed by atoms with E-state index >= 15 is 0 Å². The highest BCUT2D eigenvalue weighted by molar-refractivity contribution is 14.1. The predicted octanol–water partition coefficient (Wildman–Crippen LogP) is 3.95. The third kappa shape index (κ3) is 2.23. The first-order chi connectivity index (χ1) is 9.58. The Labute approximate surface area is 134 Å². The highest BCUT2D eigenvalue weighted by Crippen LogP contribution is 2.21. The molecule has 1 aromatic heterocycles. The Morgan fingerprint density at radius 2 is 1.95 bits per heavy atom. The molecule has 3 aromatic rings. The summed E-state index contributed by atoms with van der Waals surface area (Å²) in [6.45, 7) is 1.81. The Balaban J connectivity index is 2.43. The second-order valence-electron chi connectivity index (χ2n) is 4.41. The summed E-state index contributed by atoms with van der Waals surface area (Å²) in [7, 11) is 0. The Morgan fingerprint density at radius 1 is 1.20 bits per heavy atom. The van der Waals surface area contributed by atoms with Gasteiger partial charge in [-0.05, 0) is 59.8 Å². The van der Waals surface area contributed by atoms with Gasteiger partial charge in [-0.25, -0.2) is 4.98 Å². The second kappa shape index (κ2) is 5.18. The molecular formula is C15H10ClIN2O. The van der Waals surface area contributed by atoms with Crippen molar-refractivity contribution in [1.82, 2.24) is 9.55 Å². The van der Waals surface area contributed by atoms with E-state index in [4.69, 9.17) is 11.6 Å². The lowest BCUT2D eigenvalue weighted by Gasteiger charge is -2.12. The summed E-state index contributed by atoms with van der Waals surface area (Å²) in [6, 6.07) is 12.9. The molecule has 5 heteroatoms. The average Bonchev–Trinajstić information content (AvgIpc) is 2.42. The van der Waals surface area contributed by atoms with Crippen molar-refractivity contribution < 1.29 is 0 Å². The van der Waals surface area contributed by atoms with Gasteiger partial charge in [0, 0.05) is 3.57 Å². The Bertz CT molecular complexity index is 873. The molecular weight excluding hydrogens is 387 g/mol. The van der Waals surface area contributed by atoms with Crippen molar-refractivity contribution in [1.29, 1.82) is 0 Å². The number of aromatic nitrogens is 2. The molecule has 3 rings (SSSR count). The van der Waals surface area contributed by atoms with Gasteiger partial charge < -0.3 is 0 Å². The highest BCUT2D eigenvalue weighted by Gasteiger charge is 2.12. The van der Waals surface area contributed by atoms with Gasteiger partial charge in [-0.1, -0.05) is 23.7 Å². The quantitative estimate of drug-likeness (QED) is 0.584. The van der Waals surface area contributed by atoms with E-state index < -0.39 is 0 Å². The summed E-state index contributed by atoms with van der Waals surface area (Å²) in [5, 5.41) is 1.13. The van der Waals surface area contributed by atoms with Crippen molar-refractivity contribution >= 4 is 45.1 Å². The molecule has 100 valence electrons. The number of nitrogens with zero attached hydrogens (tertiary/aromatic N) is 2. The predicted molar refractivity (Wildman–Crippen MR) is 89.8 cm³/mol. The van der Waals surface area contributed by atoms with Crippen molar-refractivity contribution in [2.24, 2.45) is 0 Å². The van der Waals surface area contributed by atoms with Crippen LogP contribution in [0.1, 0.15) is 5.82 Å². The lowest BCUT2D eigenvalue weighted by molar-refractivity contribution is 0.895. The molecule has 0 saturated carbocycles. The fraction of sp³-hybridized carbons (Fsp3) is 0.0667. The van der Waals surface area contributed by atoms with Crippen LogP contribution in [-0.2, 0) is 0 Å². The van der Waals surface area contributed by atoms with Crippen LogP contribution in [0.25, 0.3) is 16.6 Å². The van der Waals surface area contributed by atoms with E-state index in [2.05, 4.69) is 27.6 Å². The van der Waals surface area contributed by atoms with E-state index in [0.29, 0.717) is 27.4 Å². The zero-order chi connectivity index (χ0) is 14.3. The minimum Gasteiger partial charge on any atom is -0.268 e. The molecule has 0 unspecified atom stereocenters. The normalized spacial score (nSPS) is 10.9. The van der Waals surface area contributed by atoms with Gasteiger partial charge in [0.15, 0.2) is 0 Å². The van der Waals surface area contributed by atoms with Crippen LogP contribution in [0.2, 0.25) is 5.02 Å². The first-order valence-corrected chi connectivity index (χ1v) is 7.47. The molecule has 0 aliphatic carbocycles. The highest BCUT2D eigenvalue weighted by atomic mass is 127. The Kier molecular flexibility index (Phi) is 3.52. The largest absolute Gasteiger partial charge is 0.268 e. The summed E-state index contributed by atoms with van der Waals surface area (Å²) in [6.07, 6.45) is 0. The maximum atomic E-state index is 12.7. The summed E-state index contributed by atoms with van der Waals surface area (Å²) in [5.41, 5.74) is 1.26. The van der Waals surface area contributed by atoms with E-state index in [1.807, 2.05) is 43.3 Å². The smallest absolute Gasteiger partial charge is 0.266 e. The third-order valence-electron chi connectivity index (χ3n) is 3.09. The van der Waals surface area contributed by atoms with Gasteiger partial charge in [-0.15, -0.1) is 0 Å². The number of hydrogen-bond donors (Lipinski definition) is 0. The van der Waals surface area contributed by atoms with Crippen LogP contribution in [0.5, 0.6) is 0 Å². The molecule has 0 aliphatic heterocycles. The van der Waals surface area contributed by atoms with E-state index in [9.17, 15) is 4.79 Å².